The first-order chi connectivity index (χ1) is 8.20. The van der Waals surface area contributed by atoms with Crippen LogP contribution in [-0.2, 0) is 9.59 Å². The van der Waals surface area contributed by atoms with Crippen LogP contribution in [0.15, 0.2) is 0 Å². The predicted octanol–water partition coefficient (Wildman–Crippen LogP) is 2.25. The molecule has 0 amide bonds. The van der Waals surface area contributed by atoms with Gasteiger partial charge in [0.05, 0.1) is 0 Å². The van der Waals surface area contributed by atoms with Crippen molar-refractivity contribution in [2.75, 3.05) is 0 Å². The molecule has 0 bridgehead atoms. The number of unbranched alkanes of at least 4 members (excludes halogenated alkanes) is 4. The Kier molecular flexibility index (Phi) is 14.2. The molecule has 0 fully saturated rings. The van der Waals surface area contributed by atoms with E-state index in [0.717, 1.165) is 25.7 Å². The van der Waals surface area contributed by atoms with Crippen molar-refractivity contribution in [1.29, 1.82) is 0 Å². The monoisotopic (exact) mass is 290 g/mol. The fourth-order valence-electron chi connectivity index (χ4n) is 2.32. The fourth-order valence-corrected chi connectivity index (χ4v) is 2.32. The van der Waals surface area contributed by atoms with Gasteiger partial charge in [-0.15, -0.1) is 0 Å². The van der Waals surface area contributed by atoms with Gasteiger partial charge in [0.25, 0.3) is 0 Å². The molecule has 0 radical (unpaired) electrons. The van der Waals surface area contributed by atoms with E-state index in [4.69, 9.17) is 0 Å². The summed E-state index contributed by atoms with van der Waals surface area (Å²) in [4.78, 5) is 22.9. The molecule has 0 saturated carbocycles. The zero-order valence-electron chi connectivity index (χ0n) is 12.0. The molecule has 110 valence electrons. The molecule has 0 spiro atoms. The summed E-state index contributed by atoms with van der Waals surface area (Å²) in [5, 5.41) is 18.7. The number of carboxylic acid groups (broad SMARTS) is 2. The minimum absolute atomic E-state index is 0. The van der Waals surface area contributed by atoms with Crippen molar-refractivity contribution >= 4 is 60.4 Å². The molecular weight excluding hydrogens is 262 g/mol. The summed E-state index contributed by atoms with van der Waals surface area (Å²) >= 11 is 0. The third-order valence-corrected chi connectivity index (χ3v) is 3.67. The first-order valence-corrected chi connectivity index (χ1v) is 6.67. The standard InChI is InChI=1S/C14H26O4.Li.Na.2H/c1-5-6-7-8-9-10-14(11(15)16,12(17)18)13(2,3)4;;;;/h5-10H2,1-4H3,(H,15,16)(H,17,18);;;;. The summed E-state index contributed by atoms with van der Waals surface area (Å²) in [5.74, 6) is -2.45. The molecule has 0 aliphatic carbocycles. The van der Waals surface area contributed by atoms with Crippen molar-refractivity contribution < 1.29 is 19.8 Å². The number of rotatable bonds is 8. The van der Waals surface area contributed by atoms with Crippen molar-refractivity contribution in [2.45, 2.75) is 66.2 Å². The second-order valence-corrected chi connectivity index (χ2v) is 5.93. The van der Waals surface area contributed by atoms with Crippen LogP contribution >= 0.6 is 0 Å². The van der Waals surface area contributed by atoms with Crippen LogP contribution in [-0.4, -0.2) is 70.6 Å². The van der Waals surface area contributed by atoms with Gasteiger partial charge in [0, 0.05) is 0 Å². The van der Waals surface area contributed by atoms with Gasteiger partial charge < -0.3 is 10.2 Å². The third kappa shape index (κ3) is 6.53. The summed E-state index contributed by atoms with van der Waals surface area (Å²) in [6, 6.07) is 0. The maximum absolute atomic E-state index is 11.4. The van der Waals surface area contributed by atoms with Crippen molar-refractivity contribution in [1.82, 2.24) is 0 Å². The normalized spacial score (nSPS) is 11.2. The van der Waals surface area contributed by atoms with Crippen LogP contribution in [0.2, 0.25) is 0 Å². The second kappa shape index (κ2) is 11.2. The molecule has 0 aliphatic heterocycles. The molecule has 0 heterocycles. The SMILES string of the molecule is CCCCCCCC(C(=O)O)(C(=O)O)C(C)(C)C.[LiH].[NaH]. The molecule has 0 aliphatic rings. The topological polar surface area (TPSA) is 74.6 Å². The average molecular weight is 290 g/mol. The van der Waals surface area contributed by atoms with Crippen LogP contribution in [0.3, 0.4) is 0 Å². The summed E-state index contributed by atoms with van der Waals surface area (Å²) in [6.45, 7) is 7.15. The number of hydrogen-bond acceptors (Lipinski definition) is 2. The number of carboxylic acids is 2. The van der Waals surface area contributed by atoms with Gasteiger partial charge in [0.15, 0.2) is 5.41 Å². The Morgan fingerprint density at radius 3 is 1.60 bits per heavy atom. The Hall–Kier alpha value is 0.537. The molecule has 0 aromatic rings. The first-order valence-electron chi connectivity index (χ1n) is 6.67. The zero-order chi connectivity index (χ0) is 14.4. The Balaban J connectivity index is -0.00000144. The Labute approximate surface area is 156 Å². The molecule has 0 atom stereocenters. The van der Waals surface area contributed by atoms with E-state index < -0.39 is 22.8 Å². The van der Waals surface area contributed by atoms with Crippen LogP contribution in [0.5, 0.6) is 0 Å². The van der Waals surface area contributed by atoms with E-state index in [-0.39, 0.29) is 54.8 Å². The van der Waals surface area contributed by atoms with Gasteiger partial charge in [-0.05, 0) is 11.8 Å². The van der Waals surface area contributed by atoms with Gasteiger partial charge in [0.2, 0.25) is 0 Å². The van der Waals surface area contributed by atoms with E-state index in [1.807, 2.05) is 0 Å². The molecule has 0 aromatic carbocycles. The molecule has 0 unspecified atom stereocenters. The molecule has 0 rings (SSSR count). The Bertz CT molecular complexity index is 286. The van der Waals surface area contributed by atoms with E-state index >= 15 is 0 Å². The van der Waals surface area contributed by atoms with Gasteiger partial charge in [-0.3, -0.25) is 9.59 Å². The van der Waals surface area contributed by atoms with Crippen molar-refractivity contribution in [3.63, 3.8) is 0 Å². The molecule has 4 nitrogen and oxygen atoms in total. The Morgan fingerprint density at radius 1 is 0.900 bits per heavy atom. The van der Waals surface area contributed by atoms with E-state index in [9.17, 15) is 19.8 Å². The number of aliphatic carboxylic acids is 2. The summed E-state index contributed by atoms with van der Waals surface area (Å²) in [5.41, 5.74) is -2.48. The molecular formula is C14H28LiNaO4. The third-order valence-electron chi connectivity index (χ3n) is 3.67. The molecule has 20 heavy (non-hydrogen) atoms. The number of carbonyl (C=O) groups is 2. The fraction of sp³-hybridized carbons (Fsp3) is 0.857. The van der Waals surface area contributed by atoms with Crippen molar-refractivity contribution in [3.8, 4) is 0 Å². The maximum atomic E-state index is 11.4. The quantitative estimate of drug-likeness (QED) is 0.408. The van der Waals surface area contributed by atoms with Crippen LogP contribution in [0.1, 0.15) is 66.2 Å². The van der Waals surface area contributed by atoms with Crippen LogP contribution < -0.4 is 0 Å². The first kappa shape index (κ1) is 25.5. The Morgan fingerprint density at radius 2 is 1.30 bits per heavy atom. The number of hydrogen-bond donors (Lipinski definition) is 2. The van der Waals surface area contributed by atoms with Crippen LogP contribution in [0.4, 0.5) is 0 Å². The van der Waals surface area contributed by atoms with Gasteiger partial charge in [0.1, 0.15) is 0 Å². The van der Waals surface area contributed by atoms with Crippen molar-refractivity contribution in [3.05, 3.63) is 0 Å². The minimum atomic E-state index is -1.68. The van der Waals surface area contributed by atoms with E-state index in [1.54, 1.807) is 20.8 Å². The predicted molar refractivity (Wildman–Crippen MR) is 84.8 cm³/mol. The van der Waals surface area contributed by atoms with E-state index in [0.29, 0.717) is 6.42 Å². The second-order valence-electron chi connectivity index (χ2n) is 5.93. The molecule has 0 saturated heterocycles. The average Bonchev–Trinajstić information content (AvgIpc) is 2.20. The van der Waals surface area contributed by atoms with Gasteiger partial charge >= 0.3 is 60.4 Å². The van der Waals surface area contributed by atoms with Gasteiger partial charge in [-0.1, -0.05) is 59.8 Å². The summed E-state index contributed by atoms with van der Waals surface area (Å²) < 4.78 is 0. The van der Waals surface area contributed by atoms with E-state index in [2.05, 4.69) is 6.92 Å². The van der Waals surface area contributed by atoms with Crippen LogP contribution in [0, 0.1) is 10.8 Å². The molecule has 2 N–H and O–H groups in total. The summed E-state index contributed by atoms with van der Waals surface area (Å²) in [7, 11) is 0. The van der Waals surface area contributed by atoms with Crippen molar-refractivity contribution in [2.24, 2.45) is 10.8 Å². The zero-order valence-corrected chi connectivity index (χ0v) is 12.0. The van der Waals surface area contributed by atoms with Gasteiger partial charge in [-0.2, -0.15) is 0 Å². The van der Waals surface area contributed by atoms with Crippen LogP contribution in [0.25, 0.3) is 0 Å². The van der Waals surface area contributed by atoms with Gasteiger partial charge in [-0.25, -0.2) is 0 Å². The molecule has 0 aromatic heterocycles. The summed E-state index contributed by atoms with van der Waals surface area (Å²) in [6.07, 6.45) is 5.01. The van der Waals surface area contributed by atoms with E-state index in [1.165, 1.54) is 0 Å². The molecule has 6 heteroatoms.